The van der Waals surface area contributed by atoms with Gasteiger partial charge in [-0.2, -0.15) is 0 Å². The smallest absolute Gasteiger partial charge is 0.359 e. The largest absolute Gasteiger partial charge is 0.478 e. The average molecular weight is 289 g/mol. The summed E-state index contributed by atoms with van der Waals surface area (Å²) in [7, 11) is 1.37. The number of hydrogen-bond donors (Lipinski definition) is 2. The first-order chi connectivity index (χ1) is 8.58. The molecule has 104 valence electrons. The summed E-state index contributed by atoms with van der Waals surface area (Å²) in [5, 5.41) is 13.0. The Morgan fingerprint density at radius 3 is 2.84 bits per heavy atom. The Bertz CT molecular complexity index is 571. The minimum absolute atomic E-state index is 0. The second kappa shape index (κ2) is 5.61. The topological polar surface area (TPSA) is 112 Å². The molecular formula is C10H13ClN4O4. The van der Waals surface area contributed by atoms with Gasteiger partial charge in [0.05, 0.1) is 31.2 Å². The van der Waals surface area contributed by atoms with Crippen LogP contribution in [0.25, 0.3) is 11.3 Å². The standard InChI is InChI=1S/C10H12N4O4.ClH/c1-3-18-10(15)8-6(11)5-4-14(16)13-9(17-2)7(5)12-8;/h4,16H,3,11H2,1-2H3;1H. The van der Waals surface area contributed by atoms with Crippen LogP contribution >= 0.6 is 12.4 Å². The van der Waals surface area contributed by atoms with Gasteiger partial charge in [0, 0.05) is 0 Å². The second-order valence-electron chi connectivity index (χ2n) is 3.42. The van der Waals surface area contributed by atoms with Gasteiger partial charge in [-0.05, 0) is 6.92 Å². The van der Waals surface area contributed by atoms with Crippen molar-refractivity contribution in [1.82, 2.24) is 14.9 Å². The van der Waals surface area contributed by atoms with Crippen LogP contribution in [-0.4, -0.2) is 39.8 Å². The molecule has 3 N–H and O–H groups in total. The fourth-order valence-electron chi connectivity index (χ4n) is 1.56. The molecule has 2 aliphatic rings. The number of fused-ring (bicyclic) bond motifs is 1. The number of hydrogen-bond acceptors (Lipinski definition) is 7. The SMILES string of the molecule is CCOC(=O)c1nc2c(OC)nn(O)cc-2c1N.Cl. The number of aromatic nitrogens is 3. The molecule has 0 aromatic rings. The van der Waals surface area contributed by atoms with Gasteiger partial charge in [-0.3, -0.25) is 0 Å². The number of carbonyl (C=O) groups excluding carboxylic acids is 1. The van der Waals surface area contributed by atoms with E-state index in [4.69, 9.17) is 15.2 Å². The summed E-state index contributed by atoms with van der Waals surface area (Å²) < 4.78 is 9.78. The van der Waals surface area contributed by atoms with Crippen LogP contribution in [0.4, 0.5) is 5.69 Å². The van der Waals surface area contributed by atoms with E-state index in [0.29, 0.717) is 16.1 Å². The number of carbonyl (C=O) groups is 1. The van der Waals surface area contributed by atoms with Crippen molar-refractivity contribution >= 4 is 24.1 Å². The highest BCUT2D eigenvalue weighted by molar-refractivity contribution is 5.99. The highest BCUT2D eigenvalue weighted by Gasteiger charge is 2.26. The van der Waals surface area contributed by atoms with Crippen LogP contribution in [-0.2, 0) is 4.74 Å². The zero-order valence-electron chi connectivity index (χ0n) is 10.3. The van der Waals surface area contributed by atoms with Crippen molar-refractivity contribution in [1.29, 1.82) is 0 Å². The molecular weight excluding hydrogens is 276 g/mol. The summed E-state index contributed by atoms with van der Waals surface area (Å²) in [6.45, 7) is 1.90. The summed E-state index contributed by atoms with van der Waals surface area (Å²) in [6, 6.07) is 0. The van der Waals surface area contributed by atoms with Crippen LogP contribution in [0.2, 0.25) is 0 Å². The van der Waals surface area contributed by atoms with Gasteiger partial charge in [-0.15, -0.1) is 17.3 Å². The molecule has 0 bridgehead atoms. The third kappa shape index (κ3) is 2.48. The minimum atomic E-state index is -0.627. The number of halogens is 1. The molecule has 8 nitrogen and oxygen atoms in total. The lowest BCUT2D eigenvalue weighted by molar-refractivity contribution is 0.0521. The van der Waals surface area contributed by atoms with Crippen LogP contribution < -0.4 is 10.5 Å². The van der Waals surface area contributed by atoms with Gasteiger partial charge in [0.25, 0.3) is 5.88 Å². The molecule has 0 unspecified atom stereocenters. The maximum Gasteiger partial charge on any atom is 0.359 e. The Morgan fingerprint density at radius 2 is 2.26 bits per heavy atom. The van der Waals surface area contributed by atoms with Gasteiger partial charge in [0.15, 0.2) is 5.69 Å². The molecule has 19 heavy (non-hydrogen) atoms. The predicted molar refractivity (Wildman–Crippen MR) is 68.0 cm³/mol. The van der Waals surface area contributed by atoms with Gasteiger partial charge < -0.3 is 20.4 Å². The molecule has 0 amide bonds. The molecule has 9 heteroatoms. The van der Waals surface area contributed by atoms with E-state index in [1.807, 2.05) is 0 Å². The first-order valence-electron chi connectivity index (χ1n) is 5.17. The molecule has 2 rings (SSSR count). The third-order valence-electron chi connectivity index (χ3n) is 2.33. The monoisotopic (exact) mass is 288 g/mol. The number of anilines is 1. The number of nitrogen functional groups attached to an aromatic ring is 1. The fourth-order valence-corrected chi connectivity index (χ4v) is 1.56. The summed E-state index contributed by atoms with van der Waals surface area (Å²) in [5.74, 6) is -0.560. The number of nitrogens with zero attached hydrogens (tertiary/aromatic N) is 3. The van der Waals surface area contributed by atoms with Crippen LogP contribution in [0.15, 0.2) is 6.20 Å². The van der Waals surface area contributed by atoms with Gasteiger partial charge >= 0.3 is 5.97 Å². The first kappa shape index (κ1) is 14.8. The molecule has 0 aromatic heterocycles. The highest BCUT2D eigenvalue weighted by Crippen LogP contribution is 2.35. The Balaban J connectivity index is 0.00000180. The van der Waals surface area contributed by atoms with Crippen molar-refractivity contribution in [2.24, 2.45) is 0 Å². The van der Waals surface area contributed by atoms with Crippen molar-refractivity contribution < 1.29 is 19.5 Å². The van der Waals surface area contributed by atoms with Gasteiger partial charge in [0.1, 0.15) is 5.69 Å². The Morgan fingerprint density at radius 1 is 1.58 bits per heavy atom. The van der Waals surface area contributed by atoms with Crippen LogP contribution in [0.5, 0.6) is 5.88 Å². The van der Waals surface area contributed by atoms with E-state index in [1.165, 1.54) is 13.3 Å². The number of rotatable bonds is 3. The maximum absolute atomic E-state index is 11.6. The van der Waals surface area contributed by atoms with Crippen LogP contribution in [0.3, 0.4) is 0 Å². The minimum Gasteiger partial charge on any atom is -0.478 e. The van der Waals surface area contributed by atoms with E-state index in [-0.39, 0.29) is 36.3 Å². The summed E-state index contributed by atoms with van der Waals surface area (Å²) >= 11 is 0. The van der Waals surface area contributed by atoms with Crippen molar-refractivity contribution in [3.05, 3.63) is 11.9 Å². The molecule has 2 heterocycles. The van der Waals surface area contributed by atoms with Crippen LogP contribution in [0.1, 0.15) is 17.4 Å². The number of esters is 1. The number of nitrogens with two attached hydrogens (primary N) is 1. The molecule has 0 saturated carbocycles. The van der Waals surface area contributed by atoms with Crippen LogP contribution in [0, 0.1) is 0 Å². The Hall–Kier alpha value is -2.22. The lowest BCUT2D eigenvalue weighted by Gasteiger charge is -2.05. The fraction of sp³-hybridized carbons (Fsp3) is 0.300. The zero-order valence-corrected chi connectivity index (χ0v) is 11.1. The van der Waals surface area contributed by atoms with E-state index in [9.17, 15) is 10.0 Å². The quantitative estimate of drug-likeness (QED) is 0.634. The molecule has 0 radical (unpaired) electrons. The molecule has 0 aliphatic carbocycles. The lowest BCUT2D eigenvalue weighted by atomic mass is 10.2. The van der Waals surface area contributed by atoms with Crippen molar-refractivity contribution in [3.63, 3.8) is 0 Å². The lowest BCUT2D eigenvalue weighted by Crippen LogP contribution is -2.07. The van der Waals surface area contributed by atoms with E-state index in [0.717, 1.165) is 0 Å². The summed E-state index contributed by atoms with van der Waals surface area (Å²) in [6.07, 6.45) is 1.24. The molecule has 0 aromatic carbocycles. The average Bonchev–Trinajstić information content (AvgIpc) is 2.67. The van der Waals surface area contributed by atoms with E-state index in [1.54, 1.807) is 6.92 Å². The van der Waals surface area contributed by atoms with Crippen molar-refractivity contribution in [2.75, 3.05) is 19.5 Å². The zero-order chi connectivity index (χ0) is 13.3. The van der Waals surface area contributed by atoms with Gasteiger partial charge in [-0.25, -0.2) is 9.78 Å². The molecule has 0 saturated heterocycles. The predicted octanol–water partition coefficient (Wildman–Crippen LogP) is 0.809. The first-order valence-corrected chi connectivity index (χ1v) is 5.17. The highest BCUT2D eigenvalue weighted by atomic mass is 35.5. The summed E-state index contributed by atoms with van der Waals surface area (Å²) in [5.41, 5.74) is 6.56. The normalized spacial score (nSPS) is 10.0. The van der Waals surface area contributed by atoms with Crippen molar-refractivity contribution in [3.8, 4) is 17.1 Å². The van der Waals surface area contributed by atoms with Gasteiger partial charge in [0.2, 0.25) is 0 Å². The van der Waals surface area contributed by atoms with Gasteiger partial charge in [-0.1, -0.05) is 5.10 Å². The maximum atomic E-state index is 11.6. The second-order valence-corrected chi connectivity index (χ2v) is 3.42. The molecule has 0 atom stereocenters. The van der Waals surface area contributed by atoms with E-state index in [2.05, 4.69) is 10.1 Å². The van der Waals surface area contributed by atoms with E-state index < -0.39 is 5.97 Å². The summed E-state index contributed by atoms with van der Waals surface area (Å²) in [4.78, 5) is 16.2. The molecule has 2 aliphatic heterocycles. The number of ether oxygens (including phenoxy) is 2. The number of methoxy groups -OCH3 is 1. The molecule has 0 fully saturated rings. The van der Waals surface area contributed by atoms with E-state index >= 15 is 0 Å². The molecule has 0 spiro atoms. The third-order valence-corrected chi connectivity index (χ3v) is 2.33. The van der Waals surface area contributed by atoms with Crippen molar-refractivity contribution in [2.45, 2.75) is 6.92 Å². The Labute approximate surface area is 114 Å². The Kier molecular flexibility index (Phi) is 4.38.